The predicted molar refractivity (Wildman–Crippen MR) is 89.9 cm³/mol. The fourth-order valence-electron chi connectivity index (χ4n) is 2.53. The number of hydrogen-bond donors (Lipinski definition) is 2. The molecule has 2 N–H and O–H groups in total. The van der Waals surface area contributed by atoms with Crippen LogP contribution in [0.15, 0.2) is 42.7 Å². The van der Waals surface area contributed by atoms with Crippen LogP contribution in [0.5, 0.6) is 0 Å². The molecule has 0 bridgehead atoms. The van der Waals surface area contributed by atoms with Gasteiger partial charge in [0.15, 0.2) is 0 Å². The molecule has 23 heavy (non-hydrogen) atoms. The van der Waals surface area contributed by atoms with Crippen LogP contribution in [0.2, 0.25) is 0 Å². The first-order valence-electron chi connectivity index (χ1n) is 7.76. The third-order valence-electron chi connectivity index (χ3n) is 3.81. The van der Waals surface area contributed by atoms with Crippen molar-refractivity contribution in [1.29, 1.82) is 0 Å². The van der Waals surface area contributed by atoms with Crippen LogP contribution in [0.3, 0.4) is 0 Å². The number of hydrogen-bond acceptors (Lipinski definition) is 3. The highest BCUT2D eigenvalue weighted by Crippen LogP contribution is 2.17. The van der Waals surface area contributed by atoms with E-state index >= 15 is 0 Å². The van der Waals surface area contributed by atoms with Crippen molar-refractivity contribution in [2.45, 2.75) is 32.7 Å². The van der Waals surface area contributed by atoms with Gasteiger partial charge in [0.2, 0.25) is 5.91 Å². The summed E-state index contributed by atoms with van der Waals surface area (Å²) in [5, 5.41) is 2.99. The van der Waals surface area contributed by atoms with Gasteiger partial charge in [0, 0.05) is 18.8 Å². The minimum Gasteiger partial charge on any atom is -0.346 e. The number of benzene rings is 1. The summed E-state index contributed by atoms with van der Waals surface area (Å²) in [5.41, 5.74) is 4.16. The molecule has 3 rings (SSSR count). The fraction of sp³-hybridized carbons (Fsp3) is 0.278. The average molecular weight is 308 g/mol. The van der Waals surface area contributed by atoms with Crippen LogP contribution in [-0.2, 0) is 11.2 Å². The minimum atomic E-state index is -0.149. The number of rotatable bonds is 5. The smallest absolute Gasteiger partial charge is 0.220 e. The van der Waals surface area contributed by atoms with Gasteiger partial charge in [-0.05, 0) is 49.6 Å². The maximum atomic E-state index is 12.1. The number of H-pyrrole nitrogens is 1. The van der Waals surface area contributed by atoms with Gasteiger partial charge in [0.05, 0.1) is 17.1 Å². The number of aryl methyl sites for hydroxylation is 2. The third kappa shape index (κ3) is 3.74. The number of pyridine rings is 1. The van der Waals surface area contributed by atoms with E-state index in [2.05, 4.69) is 26.3 Å². The fourth-order valence-corrected chi connectivity index (χ4v) is 2.53. The van der Waals surface area contributed by atoms with Crippen LogP contribution in [0.4, 0.5) is 0 Å². The molecular formula is C18H20N4O. The van der Waals surface area contributed by atoms with Crippen LogP contribution in [0.25, 0.3) is 11.0 Å². The van der Waals surface area contributed by atoms with Crippen molar-refractivity contribution in [2.75, 3.05) is 0 Å². The van der Waals surface area contributed by atoms with Gasteiger partial charge in [0.25, 0.3) is 0 Å². The third-order valence-corrected chi connectivity index (χ3v) is 3.81. The topological polar surface area (TPSA) is 70.7 Å². The standard InChI is InChI=1S/C18H20N4O/c1-12-5-7-15-16(10-12)22-18(21-15)13(2)20-17(23)8-6-14-4-3-9-19-11-14/h3-5,7,9-11,13H,6,8H2,1-2H3,(H,20,23)(H,21,22). The lowest BCUT2D eigenvalue weighted by Crippen LogP contribution is -2.27. The Morgan fingerprint density at radius 3 is 3.00 bits per heavy atom. The number of aromatic nitrogens is 3. The Kier molecular flexibility index (Phi) is 4.37. The van der Waals surface area contributed by atoms with Crippen molar-refractivity contribution < 1.29 is 4.79 Å². The number of aromatic amines is 1. The van der Waals surface area contributed by atoms with Gasteiger partial charge < -0.3 is 10.3 Å². The van der Waals surface area contributed by atoms with E-state index in [0.29, 0.717) is 12.8 Å². The first-order valence-corrected chi connectivity index (χ1v) is 7.76. The molecule has 0 radical (unpaired) electrons. The molecule has 2 heterocycles. The molecule has 0 aliphatic heterocycles. The van der Waals surface area contributed by atoms with Crippen LogP contribution in [0.1, 0.15) is 36.3 Å². The molecule has 5 nitrogen and oxygen atoms in total. The summed E-state index contributed by atoms with van der Waals surface area (Å²) in [6, 6.07) is 9.79. The van der Waals surface area contributed by atoms with Gasteiger partial charge in [-0.3, -0.25) is 9.78 Å². The molecule has 0 saturated heterocycles. The van der Waals surface area contributed by atoms with Gasteiger partial charge in [0.1, 0.15) is 5.82 Å². The number of carbonyl (C=O) groups excluding carboxylic acids is 1. The number of nitrogens with one attached hydrogen (secondary N) is 2. The van der Waals surface area contributed by atoms with Crippen molar-refractivity contribution in [3.63, 3.8) is 0 Å². The van der Waals surface area contributed by atoms with Crippen LogP contribution in [0, 0.1) is 6.92 Å². The SMILES string of the molecule is Cc1ccc2nc(C(C)NC(=O)CCc3cccnc3)[nH]c2c1. The molecule has 0 aliphatic carbocycles. The van der Waals surface area contributed by atoms with E-state index < -0.39 is 0 Å². The van der Waals surface area contributed by atoms with Gasteiger partial charge >= 0.3 is 0 Å². The predicted octanol–water partition coefficient (Wildman–Crippen LogP) is 3.08. The molecule has 1 aromatic carbocycles. The quantitative estimate of drug-likeness (QED) is 0.761. The molecule has 0 spiro atoms. The molecule has 2 aromatic heterocycles. The van der Waals surface area contributed by atoms with Gasteiger partial charge in [-0.1, -0.05) is 12.1 Å². The Morgan fingerprint density at radius 1 is 1.35 bits per heavy atom. The van der Waals surface area contributed by atoms with E-state index in [9.17, 15) is 4.79 Å². The second-order valence-corrected chi connectivity index (χ2v) is 5.79. The maximum absolute atomic E-state index is 12.1. The number of amides is 1. The Bertz CT molecular complexity index is 810. The highest BCUT2D eigenvalue weighted by atomic mass is 16.1. The average Bonchev–Trinajstić information content (AvgIpc) is 2.97. The van der Waals surface area contributed by atoms with E-state index in [-0.39, 0.29) is 11.9 Å². The number of nitrogens with zero attached hydrogens (tertiary/aromatic N) is 2. The molecule has 0 saturated carbocycles. The van der Waals surface area contributed by atoms with E-state index in [1.165, 1.54) is 5.56 Å². The number of fused-ring (bicyclic) bond motifs is 1. The van der Waals surface area contributed by atoms with E-state index in [1.54, 1.807) is 12.4 Å². The summed E-state index contributed by atoms with van der Waals surface area (Å²) in [6.07, 6.45) is 4.65. The van der Waals surface area contributed by atoms with Crippen molar-refractivity contribution in [1.82, 2.24) is 20.3 Å². The van der Waals surface area contributed by atoms with Gasteiger partial charge in [-0.25, -0.2) is 4.98 Å². The minimum absolute atomic E-state index is 0.0120. The Balaban J connectivity index is 1.61. The molecular weight excluding hydrogens is 288 g/mol. The summed E-state index contributed by atoms with van der Waals surface area (Å²) in [7, 11) is 0. The van der Waals surface area contributed by atoms with Crippen molar-refractivity contribution in [3.05, 3.63) is 59.7 Å². The summed E-state index contributed by atoms with van der Waals surface area (Å²) in [4.78, 5) is 24.0. The number of imidazole rings is 1. The second-order valence-electron chi connectivity index (χ2n) is 5.79. The second kappa shape index (κ2) is 6.60. The Hall–Kier alpha value is -2.69. The van der Waals surface area contributed by atoms with Crippen molar-refractivity contribution >= 4 is 16.9 Å². The molecule has 1 amide bonds. The number of carbonyl (C=O) groups is 1. The van der Waals surface area contributed by atoms with Crippen molar-refractivity contribution in [2.24, 2.45) is 0 Å². The van der Waals surface area contributed by atoms with Crippen LogP contribution >= 0.6 is 0 Å². The molecule has 3 aromatic rings. The largest absolute Gasteiger partial charge is 0.346 e. The molecule has 5 heteroatoms. The van der Waals surface area contributed by atoms with E-state index in [4.69, 9.17) is 0 Å². The molecule has 1 unspecified atom stereocenters. The molecule has 0 aliphatic rings. The van der Waals surface area contributed by atoms with E-state index in [1.807, 2.05) is 38.1 Å². The molecule has 1 atom stereocenters. The lowest BCUT2D eigenvalue weighted by molar-refractivity contribution is -0.121. The summed E-state index contributed by atoms with van der Waals surface area (Å²) >= 11 is 0. The lowest BCUT2D eigenvalue weighted by atomic mass is 10.1. The summed E-state index contributed by atoms with van der Waals surface area (Å²) in [5.74, 6) is 0.790. The lowest BCUT2D eigenvalue weighted by Gasteiger charge is -2.11. The monoisotopic (exact) mass is 308 g/mol. The highest BCUT2D eigenvalue weighted by Gasteiger charge is 2.13. The van der Waals surface area contributed by atoms with Crippen molar-refractivity contribution in [3.8, 4) is 0 Å². The Labute approximate surface area is 135 Å². The molecule has 118 valence electrons. The van der Waals surface area contributed by atoms with Gasteiger partial charge in [-0.2, -0.15) is 0 Å². The summed E-state index contributed by atoms with van der Waals surface area (Å²) in [6.45, 7) is 3.98. The Morgan fingerprint density at radius 2 is 2.22 bits per heavy atom. The normalized spacial score (nSPS) is 12.3. The van der Waals surface area contributed by atoms with Gasteiger partial charge in [-0.15, -0.1) is 0 Å². The maximum Gasteiger partial charge on any atom is 0.220 e. The van der Waals surface area contributed by atoms with Crippen LogP contribution < -0.4 is 5.32 Å². The first-order chi connectivity index (χ1) is 11.1. The zero-order chi connectivity index (χ0) is 16.2. The first kappa shape index (κ1) is 15.2. The van der Waals surface area contributed by atoms with E-state index in [0.717, 1.165) is 22.4 Å². The highest BCUT2D eigenvalue weighted by molar-refractivity contribution is 5.78. The van der Waals surface area contributed by atoms with Crippen LogP contribution in [-0.4, -0.2) is 20.9 Å². The zero-order valence-corrected chi connectivity index (χ0v) is 13.3. The summed E-state index contributed by atoms with van der Waals surface area (Å²) < 4.78 is 0. The molecule has 0 fully saturated rings. The zero-order valence-electron chi connectivity index (χ0n) is 13.3.